The van der Waals surface area contributed by atoms with E-state index >= 15 is 0 Å². The summed E-state index contributed by atoms with van der Waals surface area (Å²) in [6.07, 6.45) is 4.21. The molecule has 0 radical (unpaired) electrons. The number of carbonyl (C=O) groups excluding carboxylic acids is 4. The third-order valence-electron chi connectivity index (χ3n) is 5.58. The van der Waals surface area contributed by atoms with Gasteiger partial charge in [0.1, 0.15) is 18.9 Å². The van der Waals surface area contributed by atoms with Crippen molar-refractivity contribution >= 4 is 23.7 Å². The summed E-state index contributed by atoms with van der Waals surface area (Å²) < 4.78 is 11.1. The quantitative estimate of drug-likeness (QED) is 0.208. The molecule has 8 heteroatoms. The average molecular weight is 458 g/mol. The number of likely N-dealkylation sites (tertiary alicyclic amines) is 1. The number of terminal acetylenes is 1. The SMILES string of the molecule is C#CCOC1C(N2C(=O)c3ccccc3C2=O)C(=O)N1C(C(=O)OCc1ccccc1)=C(C)C. The van der Waals surface area contributed by atoms with Gasteiger partial charge in [-0.15, -0.1) is 6.42 Å². The van der Waals surface area contributed by atoms with Gasteiger partial charge in [-0.3, -0.25) is 24.2 Å². The molecular weight excluding hydrogens is 436 g/mol. The molecule has 0 bridgehead atoms. The van der Waals surface area contributed by atoms with Crippen LogP contribution in [0.25, 0.3) is 0 Å². The predicted molar refractivity (Wildman–Crippen MR) is 121 cm³/mol. The van der Waals surface area contributed by atoms with E-state index in [0.29, 0.717) is 5.57 Å². The summed E-state index contributed by atoms with van der Waals surface area (Å²) in [5.74, 6) is -0.246. The first kappa shape index (κ1) is 23.0. The topological polar surface area (TPSA) is 93.2 Å². The summed E-state index contributed by atoms with van der Waals surface area (Å²) >= 11 is 0. The lowest BCUT2D eigenvalue weighted by Crippen LogP contribution is -2.72. The van der Waals surface area contributed by atoms with Crippen molar-refractivity contribution in [3.63, 3.8) is 0 Å². The fraction of sp³-hybridized carbons (Fsp3) is 0.231. The number of nitrogens with zero attached hydrogens (tertiary/aromatic N) is 2. The predicted octanol–water partition coefficient (Wildman–Crippen LogP) is 2.51. The summed E-state index contributed by atoms with van der Waals surface area (Å²) in [6, 6.07) is 14.2. The number of hydrogen-bond donors (Lipinski definition) is 0. The van der Waals surface area contributed by atoms with Crippen LogP contribution < -0.4 is 0 Å². The van der Waals surface area contributed by atoms with Crippen LogP contribution in [0.2, 0.25) is 0 Å². The largest absolute Gasteiger partial charge is 0.456 e. The first-order chi connectivity index (χ1) is 16.4. The molecule has 0 N–H and O–H groups in total. The zero-order valence-electron chi connectivity index (χ0n) is 18.7. The van der Waals surface area contributed by atoms with E-state index in [-0.39, 0.29) is 30.0 Å². The summed E-state index contributed by atoms with van der Waals surface area (Å²) in [4.78, 5) is 54.1. The van der Waals surface area contributed by atoms with Gasteiger partial charge in [0.2, 0.25) is 0 Å². The number of ether oxygens (including phenoxy) is 2. The minimum absolute atomic E-state index is 0.0101. The van der Waals surface area contributed by atoms with Crippen molar-refractivity contribution in [3.05, 3.63) is 82.6 Å². The monoisotopic (exact) mass is 458 g/mol. The number of hydrogen-bond acceptors (Lipinski definition) is 6. The molecule has 2 aliphatic heterocycles. The van der Waals surface area contributed by atoms with Gasteiger partial charge in [-0.25, -0.2) is 4.79 Å². The van der Waals surface area contributed by atoms with E-state index in [1.165, 1.54) is 12.1 Å². The molecule has 2 aromatic carbocycles. The molecule has 172 valence electrons. The zero-order chi connectivity index (χ0) is 24.4. The summed E-state index contributed by atoms with van der Waals surface area (Å²) in [6.45, 7) is 3.12. The van der Waals surface area contributed by atoms with E-state index in [1.807, 2.05) is 18.2 Å². The lowest BCUT2D eigenvalue weighted by atomic mass is 9.99. The summed E-state index contributed by atoms with van der Waals surface area (Å²) in [5.41, 5.74) is 1.68. The number of amides is 3. The van der Waals surface area contributed by atoms with Gasteiger partial charge in [-0.05, 0) is 37.1 Å². The Morgan fingerprint density at radius 3 is 2.12 bits per heavy atom. The molecule has 0 aliphatic carbocycles. The Bertz CT molecular complexity index is 1200. The molecule has 0 aromatic heterocycles. The highest BCUT2D eigenvalue weighted by atomic mass is 16.5. The summed E-state index contributed by atoms with van der Waals surface area (Å²) in [5, 5.41) is 0. The molecule has 2 aromatic rings. The van der Waals surface area contributed by atoms with E-state index in [9.17, 15) is 19.2 Å². The Hall–Kier alpha value is -4.22. The zero-order valence-corrected chi connectivity index (χ0v) is 18.7. The molecule has 8 nitrogen and oxygen atoms in total. The molecule has 4 rings (SSSR count). The van der Waals surface area contributed by atoms with Gasteiger partial charge in [0.25, 0.3) is 17.7 Å². The molecule has 34 heavy (non-hydrogen) atoms. The highest BCUT2D eigenvalue weighted by Gasteiger charge is 2.59. The maximum atomic E-state index is 13.3. The lowest BCUT2D eigenvalue weighted by molar-refractivity contribution is -0.185. The average Bonchev–Trinajstić information content (AvgIpc) is 3.08. The molecule has 2 unspecified atom stereocenters. The van der Waals surface area contributed by atoms with Crippen LogP contribution in [0.1, 0.15) is 40.1 Å². The Labute approximate surface area is 196 Å². The van der Waals surface area contributed by atoms with Crippen molar-refractivity contribution in [2.75, 3.05) is 6.61 Å². The van der Waals surface area contributed by atoms with Crippen LogP contribution in [0.5, 0.6) is 0 Å². The van der Waals surface area contributed by atoms with Crippen molar-refractivity contribution in [3.8, 4) is 12.3 Å². The minimum Gasteiger partial charge on any atom is -0.456 e. The Kier molecular flexibility index (Phi) is 6.30. The molecule has 2 aliphatic rings. The molecule has 0 saturated carbocycles. The van der Waals surface area contributed by atoms with E-state index in [1.54, 1.807) is 38.1 Å². The summed E-state index contributed by atoms with van der Waals surface area (Å²) in [7, 11) is 0. The second kappa shape index (κ2) is 9.33. The number of allylic oxidation sites excluding steroid dienone is 1. The van der Waals surface area contributed by atoms with Crippen molar-refractivity contribution < 1.29 is 28.7 Å². The van der Waals surface area contributed by atoms with E-state index < -0.39 is 36.0 Å². The second-order valence-electron chi connectivity index (χ2n) is 7.99. The third kappa shape index (κ3) is 3.87. The van der Waals surface area contributed by atoms with Gasteiger partial charge in [0, 0.05) is 0 Å². The molecule has 0 spiro atoms. The van der Waals surface area contributed by atoms with Crippen molar-refractivity contribution in [2.24, 2.45) is 0 Å². The first-order valence-electron chi connectivity index (χ1n) is 10.6. The van der Waals surface area contributed by atoms with Crippen LogP contribution >= 0.6 is 0 Å². The molecule has 1 saturated heterocycles. The van der Waals surface area contributed by atoms with Crippen LogP contribution in [0.15, 0.2) is 65.9 Å². The number of carbonyl (C=O) groups is 4. The van der Waals surface area contributed by atoms with Crippen LogP contribution in [0, 0.1) is 12.3 Å². The number of benzene rings is 2. The number of fused-ring (bicyclic) bond motifs is 1. The minimum atomic E-state index is -1.25. The van der Waals surface area contributed by atoms with Crippen molar-refractivity contribution in [1.82, 2.24) is 9.80 Å². The van der Waals surface area contributed by atoms with Gasteiger partial charge in [0.15, 0.2) is 12.3 Å². The Morgan fingerprint density at radius 2 is 1.56 bits per heavy atom. The molecule has 1 fully saturated rings. The normalized spacial score (nSPS) is 18.8. The maximum Gasteiger partial charge on any atom is 0.355 e. The Balaban J connectivity index is 1.60. The molecule has 2 atom stereocenters. The van der Waals surface area contributed by atoms with Gasteiger partial charge in [0.05, 0.1) is 11.1 Å². The van der Waals surface area contributed by atoms with E-state index in [0.717, 1.165) is 15.4 Å². The molecular formula is C26H22N2O6. The van der Waals surface area contributed by atoms with Crippen LogP contribution in [-0.4, -0.2) is 52.4 Å². The van der Waals surface area contributed by atoms with E-state index in [2.05, 4.69) is 5.92 Å². The van der Waals surface area contributed by atoms with Crippen LogP contribution in [-0.2, 0) is 25.7 Å². The standard InChI is InChI=1S/C26H22N2O6/c1-4-14-33-25-21(27-22(29)18-12-8-9-13-19(18)23(27)30)24(31)28(25)20(16(2)3)26(32)34-15-17-10-6-5-7-11-17/h1,5-13,21,25H,14-15H2,2-3H3. The Morgan fingerprint density at radius 1 is 0.971 bits per heavy atom. The van der Waals surface area contributed by atoms with Gasteiger partial charge >= 0.3 is 5.97 Å². The fourth-order valence-corrected chi connectivity index (χ4v) is 4.02. The number of β-lactam (4-membered cyclic amide) rings is 1. The van der Waals surface area contributed by atoms with Gasteiger partial charge in [-0.2, -0.15) is 0 Å². The fourth-order valence-electron chi connectivity index (χ4n) is 4.02. The maximum absolute atomic E-state index is 13.3. The number of imide groups is 1. The number of rotatable bonds is 7. The van der Waals surface area contributed by atoms with Gasteiger partial charge in [-0.1, -0.05) is 48.4 Å². The highest BCUT2D eigenvalue weighted by Crippen LogP contribution is 2.36. The van der Waals surface area contributed by atoms with Crippen LogP contribution in [0.4, 0.5) is 0 Å². The third-order valence-corrected chi connectivity index (χ3v) is 5.58. The highest BCUT2D eigenvalue weighted by molar-refractivity contribution is 6.23. The lowest BCUT2D eigenvalue weighted by Gasteiger charge is -2.48. The van der Waals surface area contributed by atoms with Gasteiger partial charge < -0.3 is 9.47 Å². The van der Waals surface area contributed by atoms with Crippen molar-refractivity contribution in [2.45, 2.75) is 32.7 Å². The number of esters is 1. The van der Waals surface area contributed by atoms with E-state index in [4.69, 9.17) is 15.9 Å². The second-order valence-corrected chi connectivity index (χ2v) is 7.99. The van der Waals surface area contributed by atoms with Crippen molar-refractivity contribution in [1.29, 1.82) is 0 Å². The first-order valence-corrected chi connectivity index (χ1v) is 10.6. The molecule has 2 heterocycles. The smallest absolute Gasteiger partial charge is 0.355 e. The van der Waals surface area contributed by atoms with Crippen LogP contribution in [0.3, 0.4) is 0 Å². The molecule has 3 amide bonds.